The van der Waals surface area contributed by atoms with Gasteiger partial charge in [0.2, 0.25) is 0 Å². The topological polar surface area (TPSA) is 50.5 Å². The van der Waals surface area contributed by atoms with Crippen LogP contribution < -0.4 is 0 Å². The molecular formula is C13H23N3O2. The van der Waals surface area contributed by atoms with E-state index in [2.05, 4.69) is 21.4 Å². The summed E-state index contributed by atoms with van der Waals surface area (Å²) in [5, 5.41) is 9.14. The van der Waals surface area contributed by atoms with Crippen LogP contribution in [0, 0.1) is 6.92 Å². The van der Waals surface area contributed by atoms with Gasteiger partial charge in [-0.15, -0.1) is 0 Å². The third kappa shape index (κ3) is 3.31. The Balaban J connectivity index is 1.76. The first kappa shape index (κ1) is 13.5. The molecule has 1 saturated heterocycles. The molecule has 0 aromatic carbocycles. The van der Waals surface area contributed by atoms with Crippen LogP contribution in [-0.2, 0) is 11.3 Å². The van der Waals surface area contributed by atoms with Crippen molar-refractivity contribution in [3.05, 3.63) is 18.2 Å². The smallest absolute Gasteiger partial charge is 0.105 e. The molecule has 0 aliphatic carbocycles. The quantitative estimate of drug-likeness (QED) is 0.837. The number of hydrogen-bond acceptors (Lipinski definition) is 4. The van der Waals surface area contributed by atoms with Crippen LogP contribution in [0.4, 0.5) is 0 Å². The van der Waals surface area contributed by atoms with Crippen LogP contribution in [0.5, 0.6) is 0 Å². The first-order chi connectivity index (χ1) is 8.70. The highest BCUT2D eigenvalue weighted by atomic mass is 16.5. The molecule has 2 atom stereocenters. The Morgan fingerprint density at radius 2 is 2.33 bits per heavy atom. The van der Waals surface area contributed by atoms with E-state index in [1.807, 2.05) is 19.3 Å². The number of rotatable bonds is 5. The molecule has 1 aromatic rings. The average molecular weight is 253 g/mol. The Hall–Kier alpha value is -0.910. The van der Waals surface area contributed by atoms with Gasteiger partial charge in [-0.1, -0.05) is 0 Å². The Morgan fingerprint density at radius 1 is 1.50 bits per heavy atom. The second-order valence-electron chi connectivity index (χ2n) is 5.00. The van der Waals surface area contributed by atoms with E-state index in [4.69, 9.17) is 9.84 Å². The van der Waals surface area contributed by atoms with Crippen LogP contribution in [-0.4, -0.2) is 58.0 Å². The summed E-state index contributed by atoms with van der Waals surface area (Å²) in [5.41, 5.74) is 0. The zero-order valence-corrected chi connectivity index (χ0v) is 11.2. The van der Waals surface area contributed by atoms with Crippen molar-refractivity contribution < 1.29 is 9.84 Å². The van der Waals surface area contributed by atoms with Gasteiger partial charge in [0, 0.05) is 38.1 Å². The third-order valence-corrected chi connectivity index (χ3v) is 3.61. The SMILES string of the molecule is Cc1nccn1CCCN1CC(CO)OCC1C. The molecule has 1 fully saturated rings. The average Bonchev–Trinajstić information content (AvgIpc) is 2.77. The first-order valence-electron chi connectivity index (χ1n) is 6.65. The number of aromatic nitrogens is 2. The maximum Gasteiger partial charge on any atom is 0.105 e. The lowest BCUT2D eigenvalue weighted by atomic mass is 10.2. The number of nitrogens with zero attached hydrogens (tertiary/aromatic N) is 3. The summed E-state index contributed by atoms with van der Waals surface area (Å²) in [6, 6.07) is 0.441. The molecular weight excluding hydrogens is 230 g/mol. The fraction of sp³-hybridized carbons (Fsp3) is 0.769. The van der Waals surface area contributed by atoms with Crippen molar-refractivity contribution in [2.75, 3.05) is 26.3 Å². The molecule has 2 heterocycles. The van der Waals surface area contributed by atoms with Crippen LogP contribution >= 0.6 is 0 Å². The summed E-state index contributed by atoms with van der Waals surface area (Å²) in [5.74, 6) is 1.07. The molecule has 0 spiro atoms. The van der Waals surface area contributed by atoms with E-state index in [0.29, 0.717) is 6.04 Å². The molecule has 1 aliphatic rings. The van der Waals surface area contributed by atoms with Crippen LogP contribution in [0.15, 0.2) is 12.4 Å². The number of ether oxygens (including phenoxy) is 1. The van der Waals surface area contributed by atoms with E-state index in [-0.39, 0.29) is 12.7 Å². The predicted molar refractivity (Wildman–Crippen MR) is 69.4 cm³/mol. The van der Waals surface area contributed by atoms with Crippen LogP contribution in [0.25, 0.3) is 0 Å². The van der Waals surface area contributed by atoms with Crippen molar-refractivity contribution in [3.63, 3.8) is 0 Å². The number of aryl methyl sites for hydroxylation is 2. The van der Waals surface area contributed by atoms with Crippen molar-refractivity contribution in [2.24, 2.45) is 0 Å². The summed E-state index contributed by atoms with van der Waals surface area (Å²) < 4.78 is 7.71. The fourth-order valence-electron chi connectivity index (χ4n) is 2.38. The van der Waals surface area contributed by atoms with Crippen LogP contribution in [0.3, 0.4) is 0 Å². The lowest BCUT2D eigenvalue weighted by Crippen LogP contribution is -2.49. The monoisotopic (exact) mass is 253 g/mol. The van der Waals surface area contributed by atoms with Gasteiger partial charge in [-0.25, -0.2) is 4.98 Å². The number of aliphatic hydroxyl groups excluding tert-OH is 1. The van der Waals surface area contributed by atoms with Crippen molar-refractivity contribution in [3.8, 4) is 0 Å². The molecule has 2 rings (SSSR count). The highest BCUT2D eigenvalue weighted by Crippen LogP contribution is 2.12. The lowest BCUT2D eigenvalue weighted by molar-refractivity contribution is -0.0780. The molecule has 0 radical (unpaired) electrons. The van der Waals surface area contributed by atoms with Gasteiger partial charge in [0.1, 0.15) is 5.82 Å². The lowest BCUT2D eigenvalue weighted by Gasteiger charge is -2.37. The molecule has 1 N–H and O–H groups in total. The number of aliphatic hydroxyl groups is 1. The Bertz CT molecular complexity index is 367. The molecule has 102 valence electrons. The van der Waals surface area contributed by atoms with Gasteiger partial charge in [-0.05, 0) is 20.3 Å². The second-order valence-corrected chi connectivity index (χ2v) is 5.00. The summed E-state index contributed by atoms with van der Waals surface area (Å²) in [6.45, 7) is 7.91. The number of morpholine rings is 1. The van der Waals surface area contributed by atoms with Gasteiger partial charge in [-0.3, -0.25) is 4.90 Å². The third-order valence-electron chi connectivity index (χ3n) is 3.61. The van der Waals surface area contributed by atoms with Gasteiger partial charge in [-0.2, -0.15) is 0 Å². The normalized spacial score (nSPS) is 25.5. The Labute approximate surface area is 108 Å². The fourth-order valence-corrected chi connectivity index (χ4v) is 2.38. The summed E-state index contributed by atoms with van der Waals surface area (Å²) in [6.07, 6.45) is 4.94. The molecule has 18 heavy (non-hydrogen) atoms. The van der Waals surface area contributed by atoms with E-state index < -0.39 is 0 Å². The summed E-state index contributed by atoms with van der Waals surface area (Å²) in [7, 11) is 0. The Kier molecular flexibility index (Phi) is 4.74. The van der Waals surface area contributed by atoms with Crippen molar-refractivity contribution in [1.29, 1.82) is 0 Å². The highest BCUT2D eigenvalue weighted by Gasteiger charge is 2.24. The van der Waals surface area contributed by atoms with Gasteiger partial charge in [0.25, 0.3) is 0 Å². The summed E-state index contributed by atoms with van der Waals surface area (Å²) in [4.78, 5) is 6.62. The van der Waals surface area contributed by atoms with Gasteiger partial charge in [0.05, 0.1) is 19.3 Å². The van der Waals surface area contributed by atoms with E-state index in [1.54, 1.807) is 0 Å². The second kappa shape index (κ2) is 6.31. The number of imidazole rings is 1. The zero-order valence-electron chi connectivity index (χ0n) is 11.2. The number of hydrogen-bond donors (Lipinski definition) is 1. The molecule has 2 unspecified atom stereocenters. The molecule has 0 amide bonds. The zero-order chi connectivity index (χ0) is 13.0. The maximum absolute atomic E-state index is 9.14. The minimum Gasteiger partial charge on any atom is -0.394 e. The largest absolute Gasteiger partial charge is 0.394 e. The molecule has 0 saturated carbocycles. The minimum atomic E-state index is -0.0174. The Morgan fingerprint density at radius 3 is 3.00 bits per heavy atom. The standard InChI is InChI=1S/C13H23N3O2/c1-11-10-18-13(9-17)8-16(11)6-3-5-15-7-4-14-12(15)2/h4,7,11,13,17H,3,5-6,8-10H2,1-2H3. The summed E-state index contributed by atoms with van der Waals surface area (Å²) >= 11 is 0. The van der Waals surface area contributed by atoms with E-state index >= 15 is 0 Å². The first-order valence-corrected chi connectivity index (χ1v) is 6.65. The van der Waals surface area contributed by atoms with Crippen molar-refractivity contribution in [2.45, 2.75) is 39.0 Å². The van der Waals surface area contributed by atoms with Crippen molar-refractivity contribution >= 4 is 0 Å². The van der Waals surface area contributed by atoms with Crippen LogP contribution in [0.1, 0.15) is 19.2 Å². The molecule has 5 nitrogen and oxygen atoms in total. The molecule has 1 aromatic heterocycles. The van der Waals surface area contributed by atoms with Gasteiger partial charge in [0.15, 0.2) is 0 Å². The van der Waals surface area contributed by atoms with Gasteiger partial charge >= 0.3 is 0 Å². The molecule has 1 aliphatic heterocycles. The minimum absolute atomic E-state index is 0.0174. The van der Waals surface area contributed by atoms with Gasteiger partial charge < -0.3 is 14.4 Å². The maximum atomic E-state index is 9.14. The highest BCUT2D eigenvalue weighted by molar-refractivity contribution is 4.88. The van der Waals surface area contributed by atoms with Crippen LogP contribution in [0.2, 0.25) is 0 Å². The van der Waals surface area contributed by atoms with E-state index in [1.165, 1.54) is 0 Å². The predicted octanol–water partition coefficient (Wildman–Crippen LogP) is 0.663. The van der Waals surface area contributed by atoms with E-state index in [9.17, 15) is 0 Å². The molecule has 0 bridgehead atoms. The van der Waals surface area contributed by atoms with E-state index in [0.717, 1.165) is 38.5 Å². The van der Waals surface area contributed by atoms with Crippen molar-refractivity contribution in [1.82, 2.24) is 14.5 Å². The molecule has 5 heteroatoms.